The SMILES string of the molecule is C[C@@H](c1ccco1)N(C(=O)Cn1c(=O)cnc2ccccc21)C1CC1. The Labute approximate surface area is 144 Å². The van der Waals surface area contributed by atoms with Crippen LogP contribution < -0.4 is 5.56 Å². The van der Waals surface area contributed by atoms with Gasteiger partial charge in [-0.15, -0.1) is 0 Å². The zero-order valence-electron chi connectivity index (χ0n) is 14.0. The molecule has 0 N–H and O–H groups in total. The number of benzene rings is 1. The maximum Gasteiger partial charge on any atom is 0.269 e. The number of carbonyl (C=O) groups is 1. The summed E-state index contributed by atoms with van der Waals surface area (Å²) in [7, 11) is 0. The van der Waals surface area contributed by atoms with E-state index in [1.807, 2.05) is 48.2 Å². The van der Waals surface area contributed by atoms with Crippen LogP contribution >= 0.6 is 0 Å². The van der Waals surface area contributed by atoms with Gasteiger partial charge in [0.1, 0.15) is 12.3 Å². The Balaban J connectivity index is 1.67. The van der Waals surface area contributed by atoms with Gasteiger partial charge in [-0.1, -0.05) is 12.1 Å². The number of para-hydroxylation sites is 2. The Bertz CT molecular complexity index is 957. The van der Waals surface area contributed by atoms with E-state index in [-0.39, 0.29) is 30.1 Å². The Kier molecular flexibility index (Phi) is 3.87. The molecular formula is C19H19N3O3. The molecular weight excluding hydrogens is 318 g/mol. The molecule has 1 amide bonds. The smallest absolute Gasteiger partial charge is 0.269 e. The third-order valence-corrected chi connectivity index (χ3v) is 4.65. The summed E-state index contributed by atoms with van der Waals surface area (Å²) >= 11 is 0. The van der Waals surface area contributed by atoms with Gasteiger partial charge in [0.15, 0.2) is 0 Å². The Hall–Kier alpha value is -2.89. The molecule has 0 aliphatic heterocycles. The minimum atomic E-state index is -0.270. The van der Waals surface area contributed by atoms with E-state index < -0.39 is 0 Å². The first-order chi connectivity index (χ1) is 12.1. The number of amides is 1. The highest BCUT2D eigenvalue weighted by molar-refractivity contribution is 5.80. The molecule has 128 valence electrons. The number of nitrogens with zero attached hydrogens (tertiary/aromatic N) is 3. The lowest BCUT2D eigenvalue weighted by atomic mass is 10.2. The van der Waals surface area contributed by atoms with Crippen LogP contribution in [0.5, 0.6) is 0 Å². The van der Waals surface area contributed by atoms with Gasteiger partial charge in [0, 0.05) is 6.04 Å². The van der Waals surface area contributed by atoms with E-state index in [0.29, 0.717) is 11.0 Å². The molecule has 1 fully saturated rings. The highest BCUT2D eigenvalue weighted by Gasteiger charge is 2.37. The van der Waals surface area contributed by atoms with E-state index in [1.54, 1.807) is 6.26 Å². The third kappa shape index (κ3) is 2.95. The zero-order valence-corrected chi connectivity index (χ0v) is 14.0. The maximum atomic E-state index is 13.0. The van der Waals surface area contributed by atoms with Gasteiger partial charge in [0.25, 0.3) is 5.56 Å². The molecule has 3 aromatic rings. The Morgan fingerprint density at radius 3 is 2.84 bits per heavy atom. The van der Waals surface area contributed by atoms with E-state index in [1.165, 1.54) is 10.8 Å². The lowest BCUT2D eigenvalue weighted by Crippen LogP contribution is -2.39. The molecule has 1 aliphatic rings. The molecule has 0 spiro atoms. The molecule has 1 aromatic carbocycles. The minimum absolute atomic E-state index is 0.00339. The first-order valence-corrected chi connectivity index (χ1v) is 8.44. The van der Waals surface area contributed by atoms with Crippen molar-refractivity contribution in [3.05, 3.63) is 65.0 Å². The second-order valence-corrected chi connectivity index (χ2v) is 6.39. The number of furan rings is 1. The Morgan fingerprint density at radius 2 is 2.12 bits per heavy atom. The van der Waals surface area contributed by atoms with Gasteiger partial charge in [0.05, 0.1) is 29.5 Å². The van der Waals surface area contributed by atoms with E-state index in [4.69, 9.17) is 4.42 Å². The van der Waals surface area contributed by atoms with Crippen LogP contribution in [0.1, 0.15) is 31.6 Å². The first kappa shape index (κ1) is 15.6. The van der Waals surface area contributed by atoms with Crippen molar-refractivity contribution >= 4 is 16.9 Å². The zero-order chi connectivity index (χ0) is 17.4. The van der Waals surface area contributed by atoms with Crippen LogP contribution in [0.4, 0.5) is 0 Å². The summed E-state index contributed by atoms with van der Waals surface area (Å²) in [5, 5.41) is 0. The summed E-state index contributed by atoms with van der Waals surface area (Å²) in [5.41, 5.74) is 1.10. The van der Waals surface area contributed by atoms with Gasteiger partial charge < -0.3 is 9.32 Å². The molecule has 2 aromatic heterocycles. The largest absolute Gasteiger partial charge is 0.467 e. The van der Waals surface area contributed by atoms with E-state index in [9.17, 15) is 9.59 Å². The molecule has 1 aliphatic carbocycles. The van der Waals surface area contributed by atoms with Gasteiger partial charge in [-0.25, -0.2) is 4.98 Å². The summed E-state index contributed by atoms with van der Waals surface area (Å²) in [6.45, 7) is 1.96. The molecule has 1 saturated carbocycles. The van der Waals surface area contributed by atoms with Crippen molar-refractivity contribution in [2.24, 2.45) is 0 Å². The fourth-order valence-electron chi connectivity index (χ4n) is 3.25. The van der Waals surface area contributed by atoms with Crippen LogP contribution in [-0.2, 0) is 11.3 Å². The number of aromatic nitrogens is 2. The first-order valence-electron chi connectivity index (χ1n) is 8.44. The molecule has 1 atom stereocenters. The second-order valence-electron chi connectivity index (χ2n) is 6.39. The monoisotopic (exact) mass is 337 g/mol. The van der Waals surface area contributed by atoms with Gasteiger partial charge in [0.2, 0.25) is 5.91 Å². The summed E-state index contributed by atoms with van der Waals surface area (Å²) in [6, 6.07) is 11.1. The van der Waals surface area contributed by atoms with Crippen molar-refractivity contribution in [2.45, 2.75) is 38.4 Å². The minimum Gasteiger partial charge on any atom is -0.467 e. The summed E-state index contributed by atoms with van der Waals surface area (Å²) in [6.07, 6.45) is 4.86. The molecule has 6 nitrogen and oxygen atoms in total. The summed E-state index contributed by atoms with van der Waals surface area (Å²) in [4.78, 5) is 31.3. The van der Waals surface area contributed by atoms with E-state index in [2.05, 4.69) is 4.98 Å². The molecule has 0 saturated heterocycles. The molecule has 2 heterocycles. The van der Waals surface area contributed by atoms with E-state index >= 15 is 0 Å². The highest BCUT2D eigenvalue weighted by atomic mass is 16.3. The van der Waals surface area contributed by atoms with Crippen molar-refractivity contribution in [3.63, 3.8) is 0 Å². The van der Waals surface area contributed by atoms with Crippen LogP contribution in [0.15, 0.2) is 58.1 Å². The number of hydrogen-bond donors (Lipinski definition) is 0. The standard InChI is InChI=1S/C19H19N3O3/c1-13(17-7-4-10-25-17)22(14-8-9-14)19(24)12-21-16-6-3-2-5-15(16)20-11-18(21)23/h2-7,10-11,13-14H,8-9,12H2,1H3/t13-/m0/s1. The normalized spacial score (nSPS) is 15.2. The van der Waals surface area contributed by atoms with Crippen molar-refractivity contribution in [1.82, 2.24) is 14.5 Å². The number of fused-ring (bicyclic) bond motifs is 1. The molecule has 25 heavy (non-hydrogen) atoms. The predicted molar refractivity (Wildman–Crippen MR) is 93.0 cm³/mol. The van der Waals surface area contributed by atoms with Crippen LogP contribution in [0.3, 0.4) is 0 Å². The van der Waals surface area contributed by atoms with Crippen LogP contribution in [0.2, 0.25) is 0 Å². The second kappa shape index (κ2) is 6.20. The number of rotatable bonds is 5. The fourth-order valence-corrected chi connectivity index (χ4v) is 3.25. The van der Waals surface area contributed by atoms with Crippen LogP contribution in [0.25, 0.3) is 11.0 Å². The summed E-state index contributed by atoms with van der Waals surface area (Å²) < 4.78 is 6.97. The van der Waals surface area contributed by atoms with E-state index in [0.717, 1.165) is 18.6 Å². The summed E-state index contributed by atoms with van der Waals surface area (Å²) in [5.74, 6) is 0.678. The lowest BCUT2D eigenvalue weighted by Gasteiger charge is -2.28. The molecule has 6 heteroatoms. The third-order valence-electron chi connectivity index (χ3n) is 4.65. The number of hydrogen-bond acceptors (Lipinski definition) is 4. The predicted octanol–water partition coefficient (Wildman–Crippen LogP) is 2.74. The van der Waals surface area contributed by atoms with Crippen LogP contribution in [0, 0.1) is 0 Å². The molecule has 4 rings (SSSR count). The lowest BCUT2D eigenvalue weighted by molar-refractivity contribution is -0.135. The van der Waals surface area contributed by atoms with Crippen molar-refractivity contribution < 1.29 is 9.21 Å². The molecule has 0 radical (unpaired) electrons. The quantitative estimate of drug-likeness (QED) is 0.718. The van der Waals surface area contributed by atoms with Gasteiger partial charge in [-0.05, 0) is 44.0 Å². The Morgan fingerprint density at radius 1 is 1.32 bits per heavy atom. The highest BCUT2D eigenvalue weighted by Crippen LogP contribution is 2.34. The van der Waals surface area contributed by atoms with Crippen molar-refractivity contribution in [3.8, 4) is 0 Å². The maximum absolute atomic E-state index is 13.0. The van der Waals surface area contributed by atoms with Crippen LogP contribution in [-0.4, -0.2) is 26.4 Å². The molecule has 0 bridgehead atoms. The van der Waals surface area contributed by atoms with Crippen molar-refractivity contribution in [1.29, 1.82) is 0 Å². The van der Waals surface area contributed by atoms with Gasteiger partial charge in [-0.2, -0.15) is 0 Å². The average Bonchev–Trinajstić information content (AvgIpc) is 3.29. The molecule has 0 unspecified atom stereocenters. The van der Waals surface area contributed by atoms with Crippen molar-refractivity contribution in [2.75, 3.05) is 0 Å². The van der Waals surface area contributed by atoms with Gasteiger partial charge in [-0.3, -0.25) is 14.2 Å². The van der Waals surface area contributed by atoms with Gasteiger partial charge >= 0.3 is 0 Å². The number of carbonyl (C=O) groups excluding carboxylic acids is 1. The fraction of sp³-hybridized carbons (Fsp3) is 0.316. The average molecular weight is 337 g/mol. The topological polar surface area (TPSA) is 68.3 Å².